The molecule has 0 amide bonds. The third-order valence-corrected chi connectivity index (χ3v) is 4.62. The average molecular weight is 301 g/mol. The largest absolute Gasteiger partial charge is 0.383 e. The lowest BCUT2D eigenvalue weighted by Crippen LogP contribution is -1.97. The highest BCUT2D eigenvalue weighted by Crippen LogP contribution is 2.31. The monoisotopic (exact) mass is 300 g/mol. The molecule has 1 aromatic heterocycles. The SMILES string of the molecule is Nc1nc2ccccc2cc1CSc1ccccc1Cl. The van der Waals surface area contributed by atoms with Gasteiger partial charge < -0.3 is 5.73 Å². The van der Waals surface area contributed by atoms with Gasteiger partial charge in [-0.1, -0.05) is 41.9 Å². The first-order chi connectivity index (χ1) is 9.74. The fourth-order valence-corrected chi connectivity index (χ4v) is 3.23. The highest BCUT2D eigenvalue weighted by Gasteiger charge is 2.06. The van der Waals surface area contributed by atoms with Crippen LogP contribution in [0.2, 0.25) is 5.02 Å². The van der Waals surface area contributed by atoms with Crippen LogP contribution in [-0.2, 0) is 5.75 Å². The molecule has 2 nitrogen and oxygen atoms in total. The molecule has 0 spiro atoms. The maximum Gasteiger partial charge on any atom is 0.128 e. The van der Waals surface area contributed by atoms with Crippen LogP contribution in [0, 0.1) is 0 Å². The second kappa shape index (κ2) is 5.73. The van der Waals surface area contributed by atoms with E-state index in [1.54, 1.807) is 11.8 Å². The summed E-state index contributed by atoms with van der Waals surface area (Å²) in [7, 11) is 0. The minimum Gasteiger partial charge on any atom is -0.383 e. The molecule has 3 rings (SSSR count). The van der Waals surface area contributed by atoms with Crippen LogP contribution in [0.1, 0.15) is 5.56 Å². The smallest absolute Gasteiger partial charge is 0.128 e. The van der Waals surface area contributed by atoms with E-state index in [2.05, 4.69) is 11.1 Å². The summed E-state index contributed by atoms with van der Waals surface area (Å²) in [6.07, 6.45) is 0. The van der Waals surface area contributed by atoms with Gasteiger partial charge in [0.2, 0.25) is 0 Å². The standard InChI is InChI=1S/C16H13ClN2S/c17-13-6-2-4-8-15(13)20-10-12-9-11-5-1-3-7-14(11)19-16(12)18/h1-9H,10H2,(H2,18,19). The van der Waals surface area contributed by atoms with E-state index in [1.165, 1.54) is 0 Å². The van der Waals surface area contributed by atoms with E-state index in [1.807, 2.05) is 48.5 Å². The first-order valence-electron chi connectivity index (χ1n) is 6.25. The molecule has 20 heavy (non-hydrogen) atoms. The number of nitrogen functional groups attached to an aromatic ring is 1. The Kier molecular flexibility index (Phi) is 3.81. The normalized spacial score (nSPS) is 10.8. The Balaban J connectivity index is 1.87. The summed E-state index contributed by atoms with van der Waals surface area (Å²) < 4.78 is 0. The van der Waals surface area contributed by atoms with E-state index in [-0.39, 0.29) is 0 Å². The molecule has 0 saturated carbocycles. The Morgan fingerprint density at radius 3 is 2.65 bits per heavy atom. The minimum atomic E-state index is 0.586. The maximum absolute atomic E-state index is 6.16. The molecule has 3 aromatic rings. The molecule has 0 unspecified atom stereocenters. The van der Waals surface area contributed by atoms with Crippen LogP contribution in [0.15, 0.2) is 59.5 Å². The van der Waals surface area contributed by atoms with Crippen LogP contribution < -0.4 is 5.73 Å². The van der Waals surface area contributed by atoms with Gasteiger partial charge in [-0.3, -0.25) is 0 Å². The van der Waals surface area contributed by atoms with Crippen molar-refractivity contribution in [2.75, 3.05) is 5.73 Å². The fourth-order valence-electron chi connectivity index (χ4n) is 2.01. The molecule has 4 heteroatoms. The number of rotatable bonds is 3. The van der Waals surface area contributed by atoms with Gasteiger partial charge in [0.05, 0.1) is 10.5 Å². The van der Waals surface area contributed by atoms with Crippen molar-refractivity contribution >= 4 is 40.1 Å². The zero-order valence-corrected chi connectivity index (χ0v) is 12.3. The molecule has 100 valence electrons. The molecule has 0 atom stereocenters. The molecular formula is C16H13ClN2S. The number of nitrogens with zero attached hydrogens (tertiary/aromatic N) is 1. The third-order valence-electron chi connectivity index (χ3n) is 3.06. The van der Waals surface area contributed by atoms with Gasteiger partial charge in [-0.2, -0.15) is 0 Å². The Bertz CT molecular complexity index is 758. The molecule has 2 aromatic carbocycles. The van der Waals surface area contributed by atoms with Crippen LogP contribution >= 0.6 is 23.4 Å². The summed E-state index contributed by atoms with van der Waals surface area (Å²) in [4.78, 5) is 5.50. The van der Waals surface area contributed by atoms with Gasteiger partial charge in [-0.15, -0.1) is 11.8 Å². The highest BCUT2D eigenvalue weighted by molar-refractivity contribution is 7.98. The molecule has 2 N–H and O–H groups in total. The Labute approximate surface area is 127 Å². The van der Waals surface area contributed by atoms with Gasteiger partial charge in [0.25, 0.3) is 0 Å². The number of nitrogens with two attached hydrogens (primary N) is 1. The van der Waals surface area contributed by atoms with E-state index in [4.69, 9.17) is 17.3 Å². The highest BCUT2D eigenvalue weighted by atomic mass is 35.5. The number of para-hydroxylation sites is 1. The fraction of sp³-hybridized carbons (Fsp3) is 0.0625. The molecule has 0 aliphatic carbocycles. The van der Waals surface area contributed by atoms with Crippen molar-refractivity contribution in [1.29, 1.82) is 0 Å². The predicted octanol–water partition coefficient (Wildman–Crippen LogP) is 4.76. The van der Waals surface area contributed by atoms with Crippen LogP contribution in [0.3, 0.4) is 0 Å². The van der Waals surface area contributed by atoms with Crippen molar-refractivity contribution in [3.05, 3.63) is 65.2 Å². The van der Waals surface area contributed by atoms with Crippen molar-refractivity contribution < 1.29 is 0 Å². The second-order valence-electron chi connectivity index (χ2n) is 4.44. The van der Waals surface area contributed by atoms with Gasteiger partial charge >= 0.3 is 0 Å². The first kappa shape index (κ1) is 13.3. The first-order valence-corrected chi connectivity index (χ1v) is 7.62. The lowest BCUT2D eigenvalue weighted by Gasteiger charge is -2.08. The quantitative estimate of drug-likeness (QED) is 0.709. The molecular weight excluding hydrogens is 288 g/mol. The number of hydrogen-bond acceptors (Lipinski definition) is 3. The topological polar surface area (TPSA) is 38.9 Å². The van der Waals surface area contributed by atoms with Crippen molar-refractivity contribution in [2.45, 2.75) is 10.6 Å². The van der Waals surface area contributed by atoms with Crippen LogP contribution in [0.25, 0.3) is 10.9 Å². The zero-order chi connectivity index (χ0) is 13.9. The van der Waals surface area contributed by atoms with Crippen molar-refractivity contribution in [3.8, 4) is 0 Å². The van der Waals surface area contributed by atoms with Crippen LogP contribution in [-0.4, -0.2) is 4.98 Å². The summed E-state index contributed by atoms with van der Waals surface area (Å²) in [6.45, 7) is 0. The van der Waals surface area contributed by atoms with E-state index < -0.39 is 0 Å². The van der Waals surface area contributed by atoms with Gasteiger partial charge in [0.15, 0.2) is 0 Å². The van der Waals surface area contributed by atoms with E-state index in [0.717, 1.165) is 32.1 Å². The van der Waals surface area contributed by atoms with E-state index in [0.29, 0.717) is 5.82 Å². The number of aromatic nitrogens is 1. The number of halogens is 1. The Morgan fingerprint density at radius 2 is 1.80 bits per heavy atom. The lowest BCUT2D eigenvalue weighted by molar-refractivity contribution is 1.31. The molecule has 0 bridgehead atoms. The number of thioether (sulfide) groups is 1. The van der Waals surface area contributed by atoms with Crippen molar-refractivity contribution in [3.63, 3.8) is 0 Å². The maximum atomic E-state index is 6.16. The van der Waals surface area contributed by atoms with Gasteiger partial charge in [-0.25, -0.2) is 4.98 Å². The van der Waals surface area contributed by atoms with Crippen molar-refractivity contribution in [1.82, 2.24) is 4.98 Å². The average Bonchev–Trinajstić information content (AvgIpc) is 2.46. The van der Waals surface area contributed by atoms with E-state index in [9.17, 15) is 0 Å². The predicted molar refractivity (Wildman–Crippen MR) is 87.2 cm³/mol. The van der Waals surface area contributed by atoms with Crippen LogP contribution in [0.4, 0.5) is 5.82 Å². The zero-order valence-electron chi connectivity index (χ0n) is 10.7. The molecule has 0 saturated heterocycles. The summed E-state index contributed by atoms with van der Waals surface area (Å²) in [5, 5.41) is 1.88. The van der Waals surface area contributed by atoms with Crippen molar-refractivity contribution in [2.24, 2.45) is 0 Å². The van der Waals surface area contributed by atoms with Gasteiger partial charge in [0, 0.05) is 21.6 Å². The molecule has 0 aliphatic rings. The number of fused-ring (bicyclic) bond motifs is 1. The van der Waals surface area contributed by atoms with Crippen LogP contribution in [0.5, 0.6) is 0 Å². The third kappa shape index (κ3) is 2.74. The summed E-state index contributed by atoms with van der Waals surface area (Å²) in [6, 6.07) is 17.9. The van der Waals surface area contributed by atoms with E-state index >= 15 is 0 Å². The minimum absolute atomic E-state index is 0.586. The number of benzene rings is 2. The van der Waals surface area contributed by atoms with Gasteiger partial charge in [0.1, 0.15) is 5.82 Å². The number of hydrogen-bond donors (Lipinski definition) is 1. The molecule has 0 aliphatic heterocycles. The van der Waals surface area contributed by atoms with Gasteiger partial charge in [-0.05, 0) is 24.3 Å². The molecule has 0 radical (unpaired) electrons. The number of anilines is 1. The Hall–Kier alpha value is -1.71. The summed E-state index contributed by atoms with van der Waals surface area (Å²) in [5.74, 6) is 1.34. The summed E-state index contributed by atoms with van der Waals surface area (Å²) in [5.41, 5.74) is 7.99. The second-order valence-corrected chi connectivity index (χ2v) is 5.87. The Morgan fingerprint density at radius 1 is 1.05 bits per heavy atom. The summed E-state index contributed by atoms with van der Waals surface area (Å²) >= 11 is 7.83. The molecule has 0 fully saturated rings. The lowest BCUT2D eigenvalue weighted by atomic mass is 10.1. The number of pyridine rings is 1. The molecule has 1 heterocycles.